The van der Waals surface area contributed by atoms with E-state index in [9.17, 15) is 0 Å². The first-order chi connectivity index (χ1) is 7.65. The SMILES string of the molecule is CSC[C@@H](N=Cc1ccccc1Cl)C(C)C. The van der Waals surface area contributed by atoms with Gasteiger partial charge in [-0.3, -0.25) is 4.99 Å². The average Bonchev–Trinajstić information content (AvgIpc) is 2.26. The smallest absolute Gasteiger partial charge is 0.0612 e. The van der Waals surface area contributed by atoms with Crippen LogP contribution in [-0.4, -0.2) is 24.3 Å². The summed E-state index contributed by atoms with van der Waals surface area (Å²) in [7, 11) is 0. The molecule has 88 valence electrons. The van der Waals surface area contributed by atoms with Crippen LogP contribution in [0.25, 0.3) is 0 Å². The molecular formula is C13H18ClNS. The molecule has 1 rings (SSSR count). The molecule has 1 atom stereocenters. The third-order valence-electron chi connectivity index (χ3n) is 2.42. The number of hydrogen-bond donors (Lipinski definition) is 0. The normalized spacial score (nSPS) is 13.6. The Balaban J connectivity index is 2.74. The third kappa shape index (κ3) is 4.18. The number of hydrogen-bond acceptors (Lipinski definition) is 2. The molecule has 0 heterocycles. The Kier molecular flexibility index (Phi) is 5.93. The second kappa shape index (κ2) is 6.97. The molecule has 0 aromatic heterocycles. The molecule has 1 nitrogen and oxygen atoms in total. The summed E-state index contributed by atoms with van der Waals surface area (Å²) in [5, 5.41) is 0.762. The molecule has 1 aromatic rings. The minimum atomic E-state index is 0.367. The Morgan fingerprint density at radius 3 is 2.62 bits per heavy atom. The zero-order chi connectivity index (χ0) is 12.0. The van der Waals surface area contributed by atoms with Gasteiger partial charge in [0.1, 0.15) is 0 Å². The first kappa shape index (κ1) is 13.6. The lowest BCUT2D eigenvalue weighted by Gasteiger charge is -2.14. The van der Waals surface area contributed by atoms with Gasteiger partial charge in [0.05, 0.1) is 6.04 Å². The van der Waals surface area contributed by atoms with Gasteiger partial charge in [-0.1, -0.05) is 43.6 Å². The monoisotopic (exact) mass is 255 g/mol. The Morgan fingerprint density at radius 1 is 1.38 bits per heavy atom. The summed E-state index contributed by atoms with van der Waals surface area (Å²) in [5.74, 6) is 1.62. The van der Waals surface area contributed by atoms with Crippen molar-refractivity contribution >= 4 is 29.6 Å². The molecule has 0 saturated carbocycles. The lowest BCUT2D eigenvalue weighted by atomic mass is 10.1. The summed E-state index contributed by atoms with van der Waals surface area (Å²) in [5.41, 5.74) is 0.996. The number of rotatable bonds is 5. The fourth-order valence-corrected chi connectivity index (χ4v) is 2.33. The number of aliphatic imine (C=N–C) groups is 1. The second-order valence-corrected chi connectivity index (χ2v) is 5.38. The summed E-state index contributed by atoms with van der Waals surface area (Å²) >= 11 is 7.90. The molecule has 0 aliphatic carbocycles. The summed E-state index contributed by atoms with van der Waals surface area (Å²) in [6, 6.07) is 8.16. The lowest BCUT2D eigenvalue weighted by molar-refractivity contribution is 0.540. The van der Waals surface area contributed by atoms with Crippen LogP contribution in [0.1, 0.15) is 19.4 Å². The molecule has 0 spiro atoms. The molecule has 3 heteroatoms. The molecule has 0 amide bonds. The molecule has 0 N–H and O–H groups in total. The molecule has 0 aliphatic rings. The van der Waals surface area contributed by atoms with Crippen molar-refractivity contribution in [2.45, 2.75) is 19.9 Å². The standard InChI is InChI=1S/C13H18ClNS/c1-10(2)13(9-16-3)15-8-11-6-4-5-7-12(11)14/h4-8,10,13H,9H2,1-3H3/t13-/m1/s1. The highest BCUT2D eigenvalue weighted by molar-refractivity contribution is 7.98. The molecule has 0 saturated heterocycles. The fourth-order valence-electron chi connectivity index (χ4n) is 1.33. The minimum absolute atomic E-state index is 0.367. The van der Waals surface area contributed by atoms with Crippen molar-refractivity contribution in [2.75, 3.05) is 12.0 Å². The first-order valence-corrected chi connectivity index (χ1v) is 7.19. The predicted octanol–water partition coefficient (Wildman–Crippen LogP) is 4.15. The van der Waals surface area contributed by atoms with Crippen LogP contribution in [0.5, 0.6) is 0 Å². The highest BCUT2D eigenvalue weighted by atomic mass is 35.5. The van der Waals surface area contributed by atoms with Crippen LogP contribution < -0.4 is 0 Å². The van der Waals surface area contributed by atoms with Crippen molar-refractivity contribution in [3.05, 3.63) is 34.9 Å². The van der Waals surface area contributed by atoms with Crippen LogP contribution in [-0.2, 0) is 0 Å². The van der Waals surface area contributed by atoms with E-state index in [1.807, 2.05) is 42.2 Å². The van der Waals surface area contributed by atoms with E-state index in [0.717, 1.165) is 16.3 Å². The highest BCUT2D eigenvalue weighted by Crippen LogP contribution is 2.15. The maximum Gasteiger partial charge on any atom is 0.0612 e. The van der Waals surface area contributed by atoms with Crippen LogP contribution in [0.15, 0.2) is 29.3 Å². The molecule has 1 aromatic carbocycles. The summed E-state index contributed by atoms with van der Waals surface area (Å²) in [4.78, 5) is 4.61. The molecular weight excluding hydrogens is 238 g/mol. The number of nitrogens with zero attached hydrogens (tertiary/aromatic N) is 1. The van der Waals surface area contributed by atoms with Crippen LogP contribution >= 0.6 is 23.4 Å². The van der Waals surface area contributed by atoms with Crippen molar-refractivity contribution in [1.29, 1.82) is 0 Å². The number of halogens is 1. The van der Waals surface area contributed by atoms with Gasteiger partial charge in [0.2, 0.25) is 0 Å². The zero-order valence-electron chi connectivity index (χ0n) is 9.98. The van der Waals surface area contributed by atoms with Crippen LogP contribution in [0.2, 0.25) is 5.02 Å². The minimum Gasteiger partial charge on any atom is -0.288 e. The van der Waals surface area contributed by atoms with Crippen LogP contribution in [0.3, 0.4) is 0 Å². The van der Waals surface area contributed by atoms with Gasteiger partial charge in [0.25, 0.3) is 0 Å². The topological polar surface area (TPSA) is 12.4 Å². The van der Waals surface area contributed by atoms with Crippen molar-refractivity contribution < 1.29 is 0 Å². The van der Waals surface area contributed by atoms with Gasteiger partial charge in [0.15, 0.2) is 0 Å². The number of thioether (sulfide) groups is 1. The molecule has 0 unspecified atom stereocenters. The summed E-state index contributed by atoms with van der Waals surface area (Å²) < 4.78 is 0. The van der Waals surface area contributed by atoms with E-state index in [-0.39, 0.29) is 0 Å². The first-order valence-electron chi connectivity index (χ1n) is 5.41. The predicted molar refractivity (Wildman–Crippen MR) is 76.1 cm³/mol. The van der Waals surface area contributed by atoms with Gasteiger partial charge in [-0.25, -0.2) is 0 Å². The largest absolute Gasteiger partial charge is 0.288 e. The van der Waals surface area contributed by atoms with Crippen LogP contribution in [0, 0.1) is 5.92 Å². The van der Waals surface area contributed by atoms with E-state index in [1.54, 1.807) is 0 Å². The van der Waals surface area contributed by atoms with Gasteiger partial charge in [-0.05, 0) is 18.2 Å². The molecule has 0 radical (unpaired) electrons. The van der Waals surface area contributed by atoms with Crippen LogP contribution in [0.4, 0.5) is 0 Å². The van der Waals surface area contributed by atoms with Gasteiger partial charge in [-0.15, -0.1) is 0 Å². The number of benzene rings is 1. The summed E-state index contributed by atoms with van der Waals surface area (Å²) in [6.07, 6.45) is 4.00. The van der Waals surface area contributed by atoms with E-state index < -0.39 is 0 Å². The average molecular weight is 256 g/mol. The van der Waals surface area contributed by atoms with E-state index >= 15 is 0 Å². The second-order valence-electron chi connectivity index (χ2n) is 4.07. The van der Waals surface area contributed by atoms with Crippen molar-refractivity contribution in [1.82, 2.24) is 0 Å². The Labute approximate surface area is 107 Å². The Hall–Kier alpha value is -0.470. The zero-order valence-corrected chi connectivity index (χ0v) is 11.6. The molecule has 16 heavy (non-hydrogen) atoms. The maximum atomic E-state index is 6.07. The Morgan fingerprint density at radius 2 is 2.06 bits per heavy atom. The van der Waals surface area contributed by atoms with Crippen molar-refractivity contribution in [3.63, 3.8) is 0 Å². The molecule has 0 bridgehead atoms. The van der Waals surface area contributed by atoms with Gasteiger partial charge in [-0.2, -0.15) is 11.8 Å². The Bertz CT molecular complexity index is 350. The van der Waals surface area contributed by atoms with E-state index in [2.05, 4.69) is 25.1 Å². The molecule has 0 fully saturated rings. The quantitative estimate of drug-likeness (QED) is 0.720. The van der Waals surface area contributed by atoms with Gasteiger partial charge < -0.3 is 0 Å². The van der Waals surface area contributed by atoms with E-state index in [1.165, 1.54) is 0 Å². The van der Waals surface area contributed by atoms with E-state index in [4.69, 9.17) is 11.6 Å². The van der Waals surface area contributed by atoms with Gasteiger partial charge >= 0.3 is 0 Å². The third-order valence-corrected chi connectivity index (χ3v) is 3.44. The maximum absolute atomic E-state index is 6.07. The van der Waals surface area contributed by atoms with Gasteiger partial charge in [0, 0.05) is 22.6 Å². The molecule has 0 aliphatic heterocycles. The highest BCUT2D eigenvalue weighted by Gasteiger charge is 2.09. The fraction of sp³-hybridized carbons (Fsp3) is 0.462. The van der Waals surface area contributed by atoms with E-state index in [0.29, 0.717) is 12.0 Å². The van der Waals surface area contributed by atoms with Crippen molar-refractivity contribution in [2.24, 2.45) is 10.9 Å². The van der Waals surface area contributed by atoms with Crippen molar-refractivity contribution in [3.8, 4) is 0 Å². The summed E-state index contributed by atoms with van der Waals surface area (Å²) in [6.45, 7) is 4.40. The lowest BCUT2D eigenvalue weighted by Crippen LogP contribution is -2.16.